The third-order valence-electron chi connectivity index (χ3n) is 12.1. The normalized spacial score (nSPS) is 32.9. The van der Waals surface area contributed by atoms with E-state index in [1.807, 2.05) is 38.2 Å². The Morgan fingerprint density at radius 2 is 2.04 bits per heavy atom. The second kappa shape index (κ2) is 14.4. The van der Waals surface area contributed by atoms with Gasteiger partial charge in [-0.1, -0.05) is 36.7 Å². The van der Waals surface area contributed by atoms with Gasteiger partial charge in [-0.15, -0.1) is 4.36 Å². The summed E-state index contributed by atoms with van der Waals surface area (Å²) in [6.45, 7) is 3.97. The molecule has 1 aromatic heterocycles. The van der Waals surface area contributed by atoms with E-state index >= 15 is 0 Å². The number of allylic oxidation sites excluding steroid dienone is 1. The molecule has 0 unspecified atom stereocenters. The number of carbonyl (C=O) groups is 2. The smallest absolute Gasteiger partial charge is 0.327 e. The Hall–Kier alpha value is -3.87. The van der Waals surface area contributed by atoms with Crippen molar-refractivity contribution in [3.63, 3.8) is 0 Å². The minimum Gasteiger partial charge on any atom is -0.490 e. The number of hydrogen-bond acceptors (Lipinski definition) is 7. The summed E-state index contributed by atoms with van der Waals surface area (Å²) < 4.78 is 36.0. The summed E-state index contributed by atoms with van der Waals surface area (Å²) in [5, 5.41) is 7.93. The van der Waals surface area contributed by atoms with Gasteiger partial charge in [0.1, 0.15) is 15.7 Å². The molecule has 3 heterocycles. The minimum atomic E-state index is -3.51. The topological polar surface area (TPSA) is 127 Å². The number of nitrogens with one attached hydrogen (secondary N) is 2. The lowest BCUT2D eigenvalue weighted by atomic mass is 9.68. The van der Waals surface area contributed by atoms with Gasteiger partial charge in [0, 0.05) is 67.1 Å². The number of anilines is 1. The molecule has 1 spiro atoms. The molecule has 2 N–H and O–H groups in total. The predicted molar refractivity (Wildman–Crippen MR) is 206 cm³/mol. The van der Waals surface area contributed by atoms with Crippen molar-refractivity contribution in [3.05, 3.63) is 88.2 Å². The fourth-order valence-corrected chi connectivity index (χ4v) is 11.2. The summed E-state index contributed by atoms with van der Waals surface area (Å²) >= 11 is 6.47. The summed E-state index contributed by atoms with van der Waals surface area (Å²) in [4.78, 5) is 29.8. The molecule has 2 fully saturated rings. The third-order valence-corrected chi connectivity index (χ3v) is 14.3. The molecule has 2 saturated carbocycles. The molecule has 2 aliphatic heterocycles. The first kappa shape index (κ1) is 36.1. The first-order chi connectivity index (χ1) is 25.5. The van der Waals surface area contributed by atoms with Crippen molar-refractivity contribution in [2.45, 2.75) is 75.3 Å². The van der Waals surface area contributed by atoms with Gasteiger partial charge < -0.3 is 19.7 Å². The maximum Gasteiger partial charge on any atom is 0.327 e. The van der Waals surface area contributed by atoms with Gasteiger partial charge in [0.15, 0.2) is 0 Å². The number of ether oxygens (including phenoxy) is 2. The molecule has 3 aliphatic carbocycles. The number of carbonyl (C=O) groups excluding carboxylic acids is 2. The zero-order valence-electron chi connectivity index (χ0n) is 30.6. The maximum absolute atomic E-state index is 14.6. The van der Waals surface area contributed by atoms with E-state index in [0.29, 0.717) is 36.2 Å². The first-order valence-electron chi connectivity index (χ1n) is 18.9. The Morgan fingerprint density at radius 3 is 2.81 bits per heavy atom. The number of methoxy groups -OCH3 is 1. The number of nitrogens with zero attached hydrogens (tertiary/aromatic N) is 4. The molecule has 3 aromatic rings. The zero-order chi connectivity index (χ0) is 36.9. The van der Waals surface area contributed by atoms with E-state index in [0.717, 1.165) is 68.0 Å². The Labute approximate surface area is 317 Å². The van der Waals surface area contributed by atoms with Gasteiger partial charge >= 0.3 is 6.03 Å². The van der Waals surface area contributed by atoms with Gasteiger partial charge in [-0.3, -0.25) is 14.2 Å². The molecule has 2 bridgehead atoms. The van der Waals surface area contributed by atoms with Crippen molar-refractivity contribution in [1.29, 1.82) is 0 Å². The average Bonchev–Trinajstić information content (AvgIpc) is 3.76. The number of aryl methyl sites for hydroxylation is 2. The predicted octanol–water partition coefficient (Wildman–Crippen LogP) is 6.56. The van der Waals surface area contributed by atoms with Crippen LogP contribution in [0.25, 0.3) is 0 Å². The van der Waals surface area contributed by atoms with Gasteiger partial charge in [0.25, 0.3) is 5.91 Å². The van der Waals surface area contributed by atoms with Gasteiger partial charge in [-0.05, 0) is 110 Å². The molecule has 11 nitrogen and oxygen atoms in total. The monoisotopic (exact) mass is 760 g/mol. The van der Waals surface area contributed by atoms with Crippen LogP contribution >= 0.6 is 11.6 Å². The van der Waals surface area contributed by atoms with Crippen LogP contribution in [0.5, 0.6) is 5.75 Å². The zero-order valence-corrected chi connectivity index (χ0v) is 32.2. The van der Waals surface area contributed by atoms with E-state index in [4.69, 9.17) is 21.1 Å². The molecule has 5 aliphatic rings. The fourth-order valence-electron chi connectivity index (χ4n) is 9.14. The van der Waals surface area contributed by atoms with Crippen LogP contribution in [0.4, 0.5) is 10.5 Å². The summed E-state index contributed by atoms with van der Waals surface area (Å²) in [5.74, 6) is 0.805. The lowest BCUT2D eigenvalue weighted by Crippen LogP contribution is -2.49. The van der Waals surface area contributed by atoms with E-state index in [1.165, 1.54) is 11.1 Å². The number of urea groups is 1. The number of fused-ring (bicyclic) bond motifs is 4. The summed E-state index contributed by atoms with van der Waals surface area (Å²) in [6.07, 6.45) is 12.4. The van der Waals surface area contributed by atoms with Crippen LogP contribution in [0.2, 0.25) is 5.02 Å². The molecule has 13 heteroatoms. The number of hydrogen-bond donors (Lipinski definition) is 2. The summed E-state index contributed by atoms with van der Waals surface area (Å²) in [6, 6.07) is 12.8. The molecule has 53 heavy (non-hydrogen) atoms. The second-order valence-electron chi connectivity index (χ2n) is 15.9. The molecule has 0 saturated heterocycles. The standard InChI is InChI=1S/C40H49ClN6O5S/c1-25-6-4-8-36(51-3)30-12-9-28(30)21-47-23-40(16-5-7-26-18-29(41)11-13-32(26)40)24-52-37-14-10-27(19-35(37)47)38(48)44-53(50,22-25)45-39(49)43-33-20-31(33)34-15-17-42-46(34)2/h4,8,10-11,13-15,17-19,25,28,30-31,33,36H,5-7,9,12,16,20-24H2,1-3H3,(H2,43,44,45,48,49,50)/b8-4+/t25-,28-,30+,31+,33+,36-,40-,53-/m0/s1. The maximum atomic E-state index is 14.6. The Balaban J connectivity index is 1.13. The van der Waals surface area contributed by atoms with Crippen LogP contribution in [0, 0.1) is 17.8 Å². The highest BCUT2D eigenvalue weighted by Gasteiger charge is 2.45. The van der Waals surface area contributed by atoms with Gasteiger partial charge in [0.05, 0.1) is 24.2 Å². The van der Waals surface area contributed by atoms with E-state index < -0.39 is 21.9 Å². The summed E-state index contributed by atoms with van der Waals surface area (Å²) in [7, 11) is 0.127. The lowest BCUT2D eigenvalue weighted by Gasteiger charge is -2.46. The van der Waals surface area contributed by atoms with E-state index in [-0.39, 0.29) is 35.1 Å². The molecular weight excluding hydrogens is 712 g/mol. The number of halogens is 1. The van der Waals surface area contributed by atoms with Crippen molar-refractivity contribution >= 4 is 39.1 Å². The van der Waals surface area contributed by atoms with Crippen molar-refractivity contribution in [2.75, 3.05) is 37.5 Å². The molecule has 0 radical (unpaired) electrons. The van der Waals surface area contributed by atoms with Gasteiger partial charge in [0.2, 0.25) is 0 Å². The van der Waals surface area contributed by atoms with Crippen molar-refractivity contribution in [3.8, 4) is 5.75 Å². The van der Waals surface area contributed by atoms with Gasteiger partial charge in [-0.2, -0.15) is 5.10 Å². The molecule has 8 atom stereocenters. The van der Waals surface area contributed by atoms with E-state index in [2.05, 4.69) is 48.7 Å². The van der Waals surface area contributed by atoms with Crippen LogP contribution in [0.15, 0.2) is 65.2 Å². The SMILES string of the molecule is CO[C@H]1/C=C/C[C@H](C)C[S@@](=O)(NC(=O)N[C@@H]2C[C@H]2c2ccnn2C)=NC(=O)c2ccc3c(c2)N(C[C@@H]2CC[C@H]21)C[C@@]1(CCCc2cc(Cl)ccc21)CO3. The third kappa shape index (κ3) is 7.34. The van der Waals surface area contributed by atoms with Gasteiger partial charge in [-0.25, -0.2) is 9.00 Å². The Kier molecular flexibility index (Phi) is 9.82. The Bertz CT molecular complexity index is 2060. The highest BCUT2D eigenvalue weighted by Crippen LogP contribution is 2.47. The second-order valence-corrected chi connectivity index (χ2v) is 18.3. The van der Waals surface area contributed by atoms with E-state index in [1.54, 1.807) is 24.1 Å². The molecule has 282 valence electrons. The van der Waals surface area contributed by atoms with Crippen LogP contribution in [0.1, 0.15) is 78.5 Å². The number of amides is 3. The van der Waals surface area contributed by atoms with Crippen LogP contribution in [-0.4, -0.2) is 70.6 Å². The number of aromatic nitrogens is 2. The fraction of sp³-hybridized carbons (Fsp3) is 0.525. The van der Waals surface area contributed by atoms with Crippen molar-refractivity contribution in [1.82, 2.24) is 19.8 Å². The number of benzene rings is 2. The van der Waals surface area contributed by atoms with E-state index in [9.17, 15) is 13.8 Å². The molecule has 2 aromatic carbocycles. The highest BCUT2D eigenvalue weighted by molar-refractivity contribution is 7.92. The summed E-state index contributed by atoms with van der Waals surface area (Å²) in [5.41, 5.74) is 4.44. The lowest BCUT2D eigenvalue weighted by molar-refractivity contribution is 0.0131. The molecular formula is C40H49ClN6O5S. The van der Waals surface area contributed by atoms with Crippen molar-refractivity contribution in [2.24, 2.45) is 29.2 Å². The molecule has 3 amide bonds. The molecule has 8 rings (SSSR count). The van der Waals surface area contributed by atoms with Crippen molar-refractivity contribution < 1.29 is 23.3 Å². The quantitative estimate of drug-likeness (QED) is 0.289. The number of rotatable bonds is 4. The first-order valence-corrected chi connectivity index (χ1v) is 20.9. The minimum absolute atomic E-state index is 0.0160. The average molecular weight is 761 g/mol. The largest absolute Gasteiger partial charge is 0.490 e. The Morgan fingerprint density at radius 1 is 1.17 bits per heavy atom. The van der Waals surface area contributed by atoms with Crippen LogP contribution in [-0.2, 0) is 33.5 Å². The highest BCUT2D eigenvalue weighted by atomic mass is 35.5. The van der Waals surface area contributed by atoms with Crippen LogP contribution in [0.3, 0.4) is 0 Å². The van der Waals surface area contributed by atoms with Crippen LogP contribution < -0.4 is 19.7 Å².